The van der Waals surface area contributed by atoms with E-state index in [1.165, 1.54) is 26.7 Å². The molecule has 1 aromatic rings. The molecule has 0 spiro atoms. The minimum Gasteiger partial charge on any atom is -0.0804 e. The number of rotatable bonds is 2. The summed E-state index contributed by atoms with van der Waals surface area (Å²) in [5.41, 5.74) is 5.86. The molecule has 98 valence electrons. The maximum atomic E-state index is 3.70. The van der Waals surface area contributed by atoms with Crippen LogP contribution in [0.1, 0.15) is 44.2 Å². The molecule has 2 aliphatic rings. The van der Waals surface area contributed by atoms with Gasteiger partial charge in [-0.25, -0.2) is 0 Å². The molecule has 0 aliphatic heterocycles. The number of halogens is 1. The molecule has 0 fully saturated rings. The lowest BCUT2D eigenvalue weighted by molar-refractivity contribution is 0.410. The minimum absolute atomic E-state index is 0.153. The van der Waals surface area contributed by atoms with Gasteiger partial charge in [-0.2, -0.15) is 0 Å². The zero-order chi connectivity index (χ0) is 13.6. The van der Waals surface area contributed by atoms with Gasteiger partial charge in [0.25, 0.3) is 0 Å². The summed E-state index contributed by atoms with van der Waals surface area (Å²) in [5, 5.41) is 0. The van der Waals surface area contributed by atoms with Gasteiger partial charge < -0.3 is 0 Å². The fourth-order valence-corrected chi connectivity index (χ4v) is 4.05. The molecule has 3 rings (SSSR count). The van der Waals surface area contributed by atoms with Crippen LogP contribution < -0.4 is 0 Å². The first-order valence-corrected chi connectivity index (χ1v) is 7.65. The minimum atomic E-state index is 0.153. The molecule has 0 nitrogen and oxygen atoms in total. The summed E-state index contributed by atoms with van der Waals surface area (Å²) < 4.78 is 1.22. The summed E-state index contributed by atoms with van der Waals surface area (Å²) in [6.45, 7) is 6.94. The molecule has 0 aromatic heterocycles. The van der Waals surface area contributed by atoms with E-state index in [2.05, 4.69) is 79.2 Å². The quantitative estimate of drug-likeness (QED) is 0.641. The summed E-state index contributed by atoms with van der Waals surface area (Å²) in [6.07, 6.45) is 10.4. The molecule has 0 saturated heterocycles. The van der Waals surface area contributed by atoms with Crippen molar-refractivity contribution >= 4 is 21.5 Å². The maximum absolute atomic E-state index is 3.70. The van der Waals surface area contributed by atoms with Gasteiger partial charge in [0.05, 0.1) is 0 Å². The van der Waals surface area contributed by atoms with E-state index in [0.29, 0.717) is 5.92 Å². The zero-order valence-corrected chi connectivity index (χ0v) is 13.3. The molecular formula is C18H19Br. The molecule has 1 unspecified atom stereocenters. The number of hydrogen-bond donors (Lipinski definition) is 0. The van der Waals surface area contributed by atoms with Crippen LogP contribution in [-0.2, 0) is 0 Å². The molecule has 0 amide bonds. The van der Waals surface area contributed by atoms with Crippen molar-refractivity contribution in [3.8, 4) is 0 Å². The Kier molecular flexibility index (Phi) is 3.05. The van der Waals surface area contributed by atoms with E-state index in [-0.39, 0.29) is 5.41 Å². The predicted octanol–water partition coefficient (Wildman–Crippen LogP) is 5.86. The molecule has 0 N–H and O–H groups in total. The first-order valence-electron chi connectivity index (χ1n) is 6.86. The van der Waals surface area contributed by atoms with Crippen LogP contribution in [0.5, 0.6) is 0 Å². The van der Waals surface area contributed by atoms with E-state index in [4.69, 9.17) is 0 Å². The van der Waals surface area contributed by atoms with Crippen LogP contribution in [0.15, 0.2) is 52.5 Å². The normalized spacial score (nSPS) is 21.4. The average molecular weight is 315 g/mol. The van der Waals surface area contributed by atoms with Crippen molar-refractivity contribution in [1.29, 1.82) is 0 Å². The molecule has 19 heavy (non-hydrogen) atoms. The van der Waals surface area contributed by atoms with Gasteiger partial charge in [0.1, 0.15) is 0 Å². The topological polar surface area (TPSA) is 0 Å². The third kappa shape index (κ3) is 1.95. The van der Waals surface area contributed by atoms with E-state index in [9.17, 15) is 0 Å². The highest BCUT2D eigenvalue weighted by molar-refractivity contribution is 9.10. The van der Waals surface area contributed by atoms with E-state index < -0.39 is 0 Å². The van der Waals surface area contributed by atoms with Crippen molar-refractivity contribution < 1.29 is 0 Å². The maximum Gasteiger partial charge on any atom is 0.0253 e. The molecule has 0 radical (unpaired) electrons. The first kappa shape index (κ1) is 12.9. The van der Waals surface area contributed by atoms with Gasteiger partial charge in [0.2, 0.25) is 0 Å². The summed E-state index contributed by atoms with van der Waals surface area (Å²) in [5.74, 6) is 0.467. The van der Waals surface area contributed by atoms with Crippen molar-refractivity contribution in [3.63, 3.8) is 0 Å². The Hall–Kier alpha value is -1.08. The van der Waals surface area contributed by atoms with Crippen molar-refractivity contribution in [1.82, 2.24) is 0 Å². The highest BCUT2D eigenvalue weighted by Crippen LogP contribution is 2.51. The standard InChI is InChI=1S/C18H19Br/c1-12-11-15(14-9-6-10-16(19)17(12)14)18(2,3)13-7-4-5-8-13/h4,6-11,15H,5H2,1-3H3. The largest absolute Gasteiger partial charge is 0.0804 e. The second-order valence-electron chi connectivity index (χ2n) is 6.05. The molecule has 1 atom stereocenters. The van der Waals surface area contributed by atoms with Gasteiger partial charge in [-0.1, -0.05) is 66.2 Å². The Labute approximate surface area is 124 Å². The van der Waals surface area contributed by atoms with Crippen LogP contribution in [0.25, 0.3) is 5.57 Å². The van der Waals surface area contributed by atoms with Gasteiger partial charge in [0.15, 0.2) is 0 Å². The first-order chi connectivity index (χ1) is 9.01. The Morgan fingerprint density at radius 3 is 2.74 bits per heavy atom. The van der Waals surface area contributed by atoms with Crippen LogP contribution in [0.3, 0.4) is 0 Å². The van der Waals surface area contributed by atoms with Crippen molar-refractivity contribution in [2.45, 2.75) is 33.1 Å². The van der Waals surface area contributed by atoms with Gasteiger partial charge in [-0.05, 0) is 47.1 Å². The number of hydrogen-bond acceptors (Lipinski definition) is 0. The molecule has 2 aliphatic carbocycles. The lowest BCUT2D eigenvalue weighted by atomic mass is 9.71. The van der Waals surface area contributed by atoms with Gasteiger partial charge in [0, 0.05) is 10.4 Å². The van der Waals surface area contributed by atoms with Gasteiger partial charge in [-0.15, -0.1) is 0 Å². The fourth-order valence-electron chi connectivity index (χ4n) is 3.35. The summed E-state index contributed by atoms with van der Waals surface area (Å²) in [7, 11) is 0. The highest BCUT2D eigenvalue weighted by atomic mass is 79.9. The second kappa shape index (κ2) is 4.49. The van der Waals surface area contributed by atoms with Crippen molar-refractivity contribution in [2.24, 2.45) is 5.41 Å². The molecule has 0 bridgehead atoms. The molecule has 0 heterocycles. The Morgan fingerprint density at radius 1 is 1.26 bits per heavy atom. The van der Waals surface area contributed by atoms with Crippen LogP contribution >= 0.6 is 15.9 Å². The molecule has 1 aromatic carbocycles. The lowest BCUT2D eigenvalue weighted by Gasteiger charge is -2.32. The summed E-state index contributed by atoms with van der Waals surface area (Å²) in [6, 6.07) is 6.57. The number of allylic oxidation sites excluding steroid dienone is 6. The van der Waals surface area contributed by atoms with Crippen molar-refractivity contribution in [2.75, 3.05) is 0 Å². The molecule has 1 heteroatoms. The smallest absolute Gasteiger partial charge is 0.0253 e. The lowest BCUT2D eigenvalue weighted by Crippen LogP contribution is -2.21. The SMILES string of the molecule is CC1=CC(C(C)(C)C2=CCC=C2)c2cccc(Br)c21. The average Bonchev–Trinajstić information content (AvgIpc) is 2.98. The Bertz CT molecular complexity index is 615. The van der Waals surface area contributed by atoms with Gasteiger partial charge >= 0.3 is 0 Å². The fraction of sp³-hybridized carbons (Fsp3) is 0.333. The van der Waals surface area contributed by atoms with Crippen molar-refractivity contribution in [3.05, 3.63) is 63.7 Å². The molecular weight excluding hydrogens is 296 g/mol. The zero-order valence-electron chi connectivity index (χ0n) is 11.7. The molecule has 0 saturated carbocycles. The summed E-state index contributed by atoms with van der Waals surface area (Å²) in [4.78, 5) is 0. The van der Waals surface area contributed by atoms with Crippen LogP contribution in [-0.4, -0.2) is 0 Å². The van der Waals surface area contributed by atoms with Crippen LogP contribution in [0, 0.1) is 5.41 Å². The number of benzene rings is 1. The Morgan fingerprint density at radius 2 is 2.05 bits per heavy atom. The predicted molar refractivity (Wildman–Crippen MR) is 86.2 cm³/mol. The Balaban J connectivity index is 2.10. The third-order valence-electron chi connectivity index (χ3n) is 4.48. The number of fused-ring (bicyclic) bond motifs is 1. The van der Waals surface area contributed by atoms with Crippen LogP contribution in [0.2, 0.25) is 0 Å². The van der Waals surface area contributed by atoms with Crippen LogP contribution in [0.4, 0.5) is 0 Å². The highest BCUT2D eigenvalue weighted by Gasteiger charge is 2.37. The second-order valence-corrected chi connectivity index (χ2v) is 6.90. The van der Waals surface area contributed by atoms with E-state index in [1.54, 1.807) is 0 Å². The van der Waals surface area contributed by atoms with E-state index >= 15 is 0 Å². The van der Waals surface area contributed by atoms with E-state index in [1.807, 2.05) is 0 Å². The summed E-state index contributed by atoms with van der Waals surface area (Å²) >= 11 is 3.70. The van der Waals surface area contributed by atoms with Gasteiger partial charge in [-0.3, -0.25) is 0 Å². The van der Waals surface area contributed by atoms with E-state index in [0.717, 1.165) is 6.42 Å². The third-order valence-corrected chi connectivity index (χ3v) is 5.15. The monoisotopic (exact) mass is 314 g/mol.